The second kappa shape index (κ2) is 15.1. The van der Waals surface area contributed by atoms with E-state index in [0.717, 1.165) is 63.2 Å². The van der Waals surface area contributed by atoms with Gasteiger partial charge in [-0.1, -0.05) is 83.9 Å². The Morgan fingerprint density at radius 2 is 1.83 bits per heavy atom. The molecule has 0 aliphatic carbocycles. The number of carbonyl (C=O) groups excluding carboxylic acids is 2. The van der Waals surface area contributed by atoms with E-state index in [2.05, 4.69) is 53.2 Å². The number of rotatable bonds is 12. The standard InChI is InChI=1S/C36H45IN4O4SSi/c1-36(2,3)45-34(43)32-26(12-10-19-37)16-17-31(39-32)40-20-18-25-11-9-13-27(28(25)23-40)33(42)41(24-44-21-22-47(4,5)6)35-38-29-14-7-8-15-30(29)46-35/h7-9,11,13-17H,10,12,18-24H2,1-6H3. The molecule has 0 unspecified atom stereocenters. The fraction of sp³-hybridized carbons (Fsp3) is 0.444. The van der Waals surface area contributed by atoms with Crippen LogP contribution >= 0.6 is 33.9 Å². The molecular weight excluding hydrogens is 739 g/mol. The molecule has 0 spiro atoms. The molecule has 0 N–H and O–H groups in total. The molecule has 0 saturated carbocycles. The van der Waals surface area contributed by atoms with E-state index < -0.39 is 19.6 Å². The van der Waals surface area contributed by atoms with E-state index in [1.54, 1.807) is 4.90 Å². The zero-order valence-corrected chi connectivity index (χ0v) is 32.2. The Bertz CT molecular complexity index is 1700. The Balaban J connectivity index is 1.45. The van der Waals surface area contributed by atoms with Crippen LogP contribution < -0.4 is 9.80 Å². The second-order valence-corrected chi connectivity index (χ2v) is 21.8. The highest BCUT2D eigenvalue weighted by molar-refractivity contribution is 14.1. The summed E-state index contributed by atoms with van der Waals surface area (Å²) in [6.07, 6.45) is 2.46. The van der Waals surface area contributed by atoms with Crippen molar-refractivity contribution in [3.8, 4) is 0 Å². The highest BCUT2D eigenvalue weighted by atomic mass is 127. The Morgan fingerprint density at radius 1 is 1.04 bits per heavy atom. The van der Waals surface area contributed by atoms with Gasteiger partial charge in [0.2, 0.25) is 0 Å². The minimum Gasteiger partial charge on any atom is -0.455 e. The predicted molar refractivity (Wildman–Crippen MR) is 203 cm³/mol. The van der Waals surface area contributed by atoms with Gasteiger partial charge in [-0.25, -0.2) is 14.8 Å². The maximum absolute atomic E-state index is 14.5. The van der Waals surface area contributed by atoms with Crippen LogP contribution in [-0.2, 0) is 28.9 Å². The number of nitrogens with zero attached hydrogens (tertiary/aromatic N) is 4. The molecule has 1 aliphatic heterocycles. The monoisotopic (exact) mass is 784 g/mol. The van der Waals surface area contributed by atoms with Crippen LogP contribution in [0.4, 0.5) is 10.9 Å². The Kier molecular flexibility index (Phi) is 11.4. The van der Waals surface area contributed by atoms with Gasteiger partial charge >= 0.3 is 5.97 Å². The minimum absolute atomic E-state index is 0.132. The van der Waals surface area contributed by atoms with Crippen molar-refractivity contribution in [1.82, 2.24) is 9.97 Å². The first kappa shape index (κ1) is 35.4. The number of carbonyl (C=O) groups is 2. The van der Waals surface area contributed by atoms with Crippen LogP contribution in [0.15, 0.2) is 54.6 Å². The molecule has 0 bridgehead atoms. The summed E-state index contributed by atoms with van der Waals surface area (Å²) in [6, 6.07) is 18.9. The summed E-state index contributed by atoms with van der Waals surface area (Å²) in [4.78, 5) is 41.3. The van der Waals surface area contributed by atoms with Crippen LogP contribution in [0.3, 0.4) is 0 Å². The fourth-order valence-corrected chi connectivity index (χ4v) is 7.54. The average molecular weight is 785 g/mol. The normalized spacial score (nSPS) is 13.5. The number of aryl methyl sites for hydroxylation is 1. The molecule has 0 radical (unpaired) electrons. The smallest absolute Gasteiger partial charge is 0.357 e. The van der Waals surface area contributed by atoms with E-state index in [-0.39, 0.29) is 12.6 Å². The van der Waals surface area contributed by atoms with Gasteiger partial charge in [0.25, 0.3) is 5.91 Å². The highest BCUT2D eigenvalue weighted by Gasteiger charge is 2.29. The number of alkyl halides is 1. The zero-order chi connectivity index (χ0) is 33.8. The topological polar surface area (TPSA) is 84.9 Å². The number of aromatic nitrogens is 2. The Labute approximate surface area is 297 Å². The molecule has 0 fully saturated rings. The van der Waals surface area contributed by atoms with Gasteiger partial charge in [-0.05, 0) is 91.5 Å². The van der Waals surface area contributed by atoms with Crippen molar-refractivity contribution >= 4 is 75.0 Å². The van der Waals surface area contributed by atoms with Gasteiger partial charge in [-0.15, -0.1) is 0 Å². The molecule has 47 heavy (non-hydrogen) atoms. The first-order chi connectivity index (χ1) is 22.3. The zero-order valence-electron chi connectivity index (χ0n) is 28.3. The van der Waals surface area contributed by atoms with Crippen molar-refractivity contribution in [1.29, 1.82) is 0 Å². The van der Waals surface area contributed by atoms with Crippen LogP contribution in [-0.4, -0.2) is 59.8 Å². The van der Waals surface area contributed by atoms with Crippen LogP contribution in [0.1, 0.15) is 64.7 Å². The van der Waals surface area contributed by atoms with Crippen molar-refractivity contribution in [3.63, 3.8) is 0 Å². The van der Waals surface area contributed by atoms with E-state index in [4.69, 9.17) is 19.4 Å². The summed E-state index contributed by atoms with van der Waals surface area (Å²) < 4.78 is 13.9. The number of ether oxygens (including phenoxy) is 2. The number of esters is 1. The summed E-state index contributed by atoms with van der Waals surface area (Å²) >= 11 is 3.85. The summed E-state index contributed by atoms with van der Waals surface area (Å²) in [5, 5.41) is 0.625. The third-order valence-electron chi connectivity index (χ3n) is 7.94. The van der Waals surface area contributed by atoms with Crippen molar-refractivity contribution in [2.75, 3.05) is 34.1 Å². The molecule has 2 aromatic carbocycles. The van der Waals surface area contributed by atoms with E-state index in [0.29, 0.717) is 35.4 Å². The maximum atomic E-state index is 14.5. The van der Waals surface area contributed by atoms with E-state index in [1.807, 2.05) is 69.3 Å². The third kappa shape index (κ3) is 9.18. The summed E-state index contributed by atoms with van der Waals surface area (Å²) in [5.41, 5.74) is 4.24. The van der Waals surface area contributed by atoms with Gasteiger partial charge in [0, 0.05) is 33.3 Å². The maximum Gasteiger partial charge on any atom is 0.357 e. The lowest BCUT2D eigenvalue weighted by molar-refractivity contribution is 0.00614. The number of hydrogen-bond acceptors (Lipinski definition) is 8. The first-order valence-corrected chi connectivity index (χ1v) is 22.3. The number of halogens is 1. The average Bonchev–Trinajstić information content (AvgIpc) is 3.45. The quantitative estimate of drug-likeness (QED) is 0.0356. The SMILES string of the molecule is CC(C)(C)OC(=O)c1nc(N2CCc3cccc(C(=O)N(COCC[Si](C)(C)C)c4nc5ccccc5s4)c3C2)ccc1CCCI. The van der Waals surface area contributed by atoms with Crippen LogP contribution in [0, 0.1) is 0 Å². The van der Waals surface area contributed by atoms with Gasteiger partial charge in [0.15, 0.2) is 10.8 Å². The van der Waals surface area contributed by atoms with Gasteiger partial charge in [-0.3, -0.25) is 9.69 Å². The van der Waals surface area contributed by atoms with E-state index in [9.17, 15) is 9.59 Å². The number of hydrogen-bond donors (Lipinski definition) is 0. The summed E-state index contributed by atoms with van der Waals surface area (Å²) in [6.45, 7) is 14.5. The second-order valence-electron chi connectivity index (χ2n) is 14.1. The molecule has 2 aromatic heterocycles. The summed E-state index contributed by atoms with van der Waals surface area (Å²) in [5.74, 6) is 0.165. The van der Waals surface area contributed by atoms with Crippen LogP contribution in [0.2, 0.25) is 25.7 Å². The van der Waals surface area contributed by atoms with E-state index >= 15 is 0 Å². The number of benzene rings is 2. The van der Waals surface area contributed by atoms with Gasteiger partial charge in [0.1, 0.15) is 18.1 Å². The molecule has 1 amide bonds. The fourth-order valence-electron chi connectivity index (χ4n) is 5.45. The van der Waals surface area contributed by atoms with Crippen molar-refractivity contribution < 1.29 is 19.1 Å². The van der Waals surface area contributed by atoms with Gasteiger partial charge in [0.05, 0.1) is 10.2 Å². The number of anilines is 2. The molecule has 0 atom stereocenters. The number of para-hydroxylation sites is 1. The van der Waals surface area contributed by atoms with Crippen molar-refractivity contribution in [2.24, 2.45) is 0 Å². The molecule has 0 saturated heterocycles. The lowest BCUT2D eigenvalue weighted by Gasteiger charge is -2.32. The minimum atomic E-state index is -1.30. The third-order valence-corrected chi connectivity index (χ3v) is 11.5. The number of amides is 1. The van der Waals surface area contributed by atoms with Gasteiger partial charge < -0.3 is 14.4 Å². The lowest BCUT2D eigenvalue weighted by atomic mass is 9.94. The highest BCUT2D eigenvalue weighted by Crippen LogP contribution is 2.32. The molecule has 250 valence electrons. The predicted octanol–water partition coefficient (Wildman–Crippen LogP) is 8.54. The largest absolute Gasteiger partial charge is 0.455 e. The summed E-state index contributed by atoms with van der Waals surface area (Å²) in [7, 11) is -1.30. The van der Waals surface area contributed by atoms with Crippen molar-refractivity contribution in [2.45, 2.75) is 77.9 Å². The van der Waals surface area contributed by atoms with E-state index in [1.165, 1.54) is 11.3 Å². The number of pyridine rings is 1. The van der Waals surface area contributed by atoms with Crippen molar-refractivity contribution in [3.05, 3.63) is 82.5 Å². The molecule has 1 aliphatic rings. The Morgan fingerprint density at radius 3 is 2.55 bits per heavy atom. The molecule has 11 heteroatoms. The lowest BCUT2D eigenvalue weighted by Crippen LogP contribution is -2.37. The number of fused-ring (bicyclic) bond motifs is 2. The molecule has 5 rings (SSSR count). The number of thiazole rings is 1. The molecule has 4 aromatic rings. The van der Waals surface area contributed by atoms with Crippen LogP contribution in [0.5, 0.6) is 0 Å². The van der Waals surface area contributed by atoms with Crippen LogP contribution in [0.25, 0.3) is 10.2 Å². The molecular formula is C36H45IN4O4SSi. The Hall–Kier alpha value is -2.87. The first-order valence-electron chi connectivity index (χ1n) is 16.2. The molecule has 8 nitrogen and oxygen atoms in total. The van der Waals surface area contributed by atoms with Gasteiger partial charge in [-0.2, -0.15) is 0 Å². The molecule has 3 heterocycles.